The topological polar surface area (TPSA) is 54.9 Å². The lowest BCUT2D eigenvalue weighted by molar-refractivity contribution is -0.118. The number of hydrogen-bond donors (Lipinski definition) is 1. The highest BCUT2D eigenvalue weighted by Crippen LogP contribution is 2.42. The molecule has 22 heavy (non-hydrogen) atoms. The quantitative estimate of drug-likeness (QED) is 0.870. The van der Waals surface area contributed by atoms with Crippen molar-refractivity contribution < 1.29 is 4.79 Å². The van der Waals surface area contributed by atoms with Crippen molar-refractivity contribution in [3.63, 3.8) is 0 Å². The van der Waals surface area contributed by atoms with Gasteiger partial charge >= 0.3 is 0 Å². The third-order valence-corrected chi connectivity index (χ3v) is 5.25. The number of hydrogen-bond acceptors (Lipinski definition) is 4. The zero-order chi connectivity index (χ0) is 15.5. The van der Waals surface area contributed by atoms with E-state index in [2.05, 4.69) is 29.4 Å². The first-order valence-electron chi connectivity index (χ1n) is 7.88. The van der Waals surface area contributed by atoms with Crippen LogP contribution in [0.15, 0.2) is 30.3 Å². The molecule has 0 bridgehead atoms. The smallest absolute Gasteiger partial charge is 0.234 e. The Morgan fingerprint density at radius 1 is 1.32 bits per heavy atom. The second-order valence-corrected chi connectivity index (χ2v) is 6.99. The van der Waals surface area contributed by atoms with Crippen LogP contribution in [0, 0.1) is 5.92 Å². The number of benzene rings is 1. The van der Waals surface area contributed by atoms with Gasteiger partial charge in [-0.15, -0.1) is 10.2 Å². The van der Waals surface area contributed by atoms with Crippen molar-refractivity contribution >= 4 is 22.4 Å². The molecule has 1 aromatic heterocycles. The van der Waals surface area contributed by atoms with Crippen LogP contribution in [0.25, 0.3) is 0 Å². The Bertz CT molecular complexity index is 636. The molecule has 1 heterocycles. The van der Waals surface area contributed by atoms with E-state index in [1.807, 2.05) is 30.3 Å². The van der Waals surface area contributed by atoms with Crippen molar-refractivity contribution in [1.82, 2.24) is 10.2 Å². The largest absolute Gasteiger partial charge is 0.300 e. The average Bonchev–Trinajstić information content (AvgIpc) is 3.29. The number of anilines is 1. The molecule has 1 fully saturated rings. The number of amides is 1. The van der Waals surface area contributed by atoms with E-state index in [0.29, 0.717) is 11.0 Å². The van der Waals surface area contributed by atoms with Gasteiger partial charge in [-0.05, 0) is 24.3 Å². The third kappa shape index (κ3) is 3.35. The summed E-state index contributed by atoms with van der Waals surface area (Å²) in [5.74, 6) is 0.708. The molecular weight excluding hydrogens is 294 g/mol. The van der Waals surface area contributed by atoms with Crippen molar-refractivity contribution in [3.8, 4) is 0 Å². The minimum absolute atomic E-state index is 0.0130. The summed E-state index contributed by atoms with van der Waals surface area (Å²) < 4.78 is 0. The molecule has 1 N–H and O–H groups in total. The molecule has 1 aliphatic rings. The summed E-state index contributed by atoms with van der Waals surface area (Å²) in [6, 6.07) is 9.97. The van der Waals surface area contributed by atoms with Crippen LogP contribution in [0.4, 0.5) is 5.13 Å². The lowest BCUT2D eigenvalue weighted by atomic mass is 9.85. The number of nitrogens with zero attached hydrogens (tertiary/aromatic N) is 2. The molecule has 2 atom stereocenters. The maximum atomic E-state index is 12.7. The standard InChI is InChI=1S/C17H21N3OS/c1-3-11(2)14(12-7-5-4-6-8-12)15(21)18-17-20-19-16(22-17)13-9-10-13/h4-8,11,13-14H,3,9-10H2,1-2H3,(H,18,20,21). The second kappa shape index (κ2) is 6.57. The molecule has 0 saturated heterocycles. The van der Waals surface area contributed by atoms with Crippen molar-refractivity contribution in [2.45, 2.75) is 44.9 Å². The van der Waals surface area contributed by atoms with Crippen LogP contribution in [0.2, 0.25) is 0 Å². The van der Waals surface area contributed by atoms with Crippen molar-refractivity contribution in [2.24, 2.45) is 5.92 Å². The molecule has 2 aromatic rings. The highest BCUT2D eigenvalue weighted by atomic mass is 32.1. The summed E-state index contributed by atoms with van der Waals surface area (Å²) in [7, 11) is 0. The fourth-order valence-corrected chi connectivity index (χ4v) is 3.51. The monoisotopic (exact) mass is 315 g/mol. The molecule has 5 heteroatoms. The first-order valence-corrected chi connectivity index (χ1v) is 8.70. The summed E-state index contributed by atoms with van der Waals surface area (Å²) in [4.78, 5) is 12.7. The van der Waals surface area contributed by atoms with Crippen LogP contribution in [-0.4, -0.2) is 16.1 Å². The molecule has 1 saturated carbocycles. The Balaban J connectivity index is 1.76. The molecule has 116 valence electrons. The molecule has 1 aliphatic carbocycles. The SMILES string of the molecule is CCC(C)C(C(=O)Nc1nnc(C2CC2)s1)c1ccccc1. The van der Waals surface area contributed by atoms with Crippen LogP contribution in [0.3, 0.4) is 0 Å². The summed E-state index contributed by atoms with van der Waals surface area (Å²) in [6.07, 6.45) is 3.35. The molecule has 0 aliphatic heterocycles. The van der Waals surface area contributed by atoms with Gasteiger partial charge in [0.15, 0.2) is 0 Å². The van der Waals surface area contributed by atoms with Crippen LogP contribution < -0.4 is 5.32 Å². The lowest BCUT2D eigenvalue weighted by Crippen LogP contribution is -2.26. The first kappa shape index (κ1) is 15.2. The molecule has 1 aromatic carbocycles. The number of carbonyl (C=O) groups excluding carboxylic acids is 1. The van der Waals surface area contributed by atoms with E-state index in [1.165, 1.54) is 24.2 Å². The summed E-state index contributed by atoms with van der Waals surface area (Å²) in [5, 5.41) is 12.9. The van der Waals surface area contributed by atoms with Crippen LogP contribution in [0.5, 0.6) is 0 Å². The fraction of sp³-hybridized carbons (Fsp3) is 0.471. The third-order valence-electron chi connectivity index (χ3n) is 4.25. The number of nitrogens with one attached hydrogen (secondary N) is 1. The zero-order valence-electron chi connectivity index (χ0n) is 13.0. The van der Waals surface area contributed by atoms with Crippen LogP contribution in [-0.2, 0) is 4.79 Å². The van der Waals surface area contributed by atoms with Gasteiger partial charge in [0.2, 0.25) is 11.0 Å². The van der Waals surface area contributed by atoms with Crippen molar-refractivity contribution in [2.75, 3.05) is 5.32 Å². The Morgan fingerprint density at radius 3 is 2.68 bits per heavy atom. The number of carbonyl (C=O) groups is 1. The Kier molecular flexibility index (Phi) is 4.52. The normalized spacial score (nSPS) is 17.0. The molecule has 1 amide bonds. The van der Waals surface area contributed by atoms with Gasteiger partial charge in [0.1, 0.15) is 5.01 Å². The van der Waals surface area contributed by atoms with Crippen molar-refractivity contribution in [3.05, 3.63) is 40.9 Å². The van der Waals surface area contributed by atoms with E-state index in [0.717, 1.165) is 17.0 Å². The fourth-order valence-electron chi connectivity index (χ4n) is 2.60. The van der Waals surface area contributed by atoms with E-state index in [9.17, 15) is 4.79 Å². The summed E-state index contributed by atoms with van der Waals surface area (Å²) >= 11 is 1.51. The Morgan fingerprint density at radius 2 is 2.05 bits per heavy atom. The minimum Gasteiger partial charge on any atom is -0.300 e. The van der Waals surface area contributed by atoms with Gasteiger partial charge in [0, 0.05) is 5.92 Å². The zero-order valence-corrected chi connectivity index (χ0v) is 13.8. The minimum atomic E-state index is -0.153. The lowest BCUT2D eigenvalue weighted by Gasteiger charge is -2.22. The average molecular weight is 315 g/mol. The first-order chi connectivity index (χ1) is 10.7. The number of rotatable bonds is 6. The summed E-state index contributed by atoms with van der Waals surface area (Å²) in [6.45, 7) is 4.23. The number of aromatic nitrogens is 2. The van der Waals surface area contributed by atoms with Gasteiger partial charge in [-0.3, -0.25) is 10.1 Å². The van der Waals surface area contributed by atoms with E-state index in [1.54, 1.807) is 0 Å². The van der Waals surface area contributed by atoms with E-state index in [4.69, 9.17) is 0 Å². The Labute approximate surface area is 135 Å². The van der Waals surface area contributed by atoms with Gasteiger partial charge in [0.05, 0.1) is 5.92 Å². The second-order valence-electron chi connectivity index (χ2n) is 5.98. The molecule has 0 spiro atoms. The van der Waals surface area contributed by atoms with E-state index in [-0.39, 0.29) is 17.7 Å². The van der Waals surface area contributed by atoms with Gasteiger partial charge in [-0.1, -0.05) is 61.9 Å². The summed E-state index contributed by atoms with van der Waals surface area (Å²) in [5.41, 5.74) is 1.06. The maximum Gasteiger partial charge on any atom is 0.234 e. The van der Waals surface area contributed by atoms with Gasteiger partial charge in [-0.2, -0.15) is 0 Å². The Hall–Kier alpha value is -1.75. The van der Waals surface area contributed by atoms with Gasteiger partial charge in [0.25, 0.3) is 0 Å². The molecule has 2 unspecified atom stereocenters. The molecule has 3 rings (SSSR count). The molecule has 4 nitrogen and oxygen atoms in total. The molecule has 0 radical (unpaired) electrons. The highest BCUT2D eigenvalue weighted by molar-refractivity contribution is 7.15. The van der Waals surface area contributed by atoms with Crippen LogP contribution in [0.1, 0.15) is 55.5 Å². The highest BCUT2D eigenvalue weighted by Gasteiger charge is 2.29. The van der Waals surface area contributed by atoms with E-state index < -0.39 is 0 Å². The predicted octanol–water partition coefficient (Wildman–Crippen LogP) is 4.18. The van der Waals surface area contributed by atoms with Crippen LogP contribution >= 0.6 is 11.3 Å². The van der Waals surface area contributed by atoms with Gasteiger partial charge in [-0.25, -0.2) is 0 Å². The molecular formula is C17H21N3OS. The predicted molar refractivity (Wildman–Crippen MR) is 89.2 cm³/mol. The van der Waals surface area contributed by atoms with Gasteiger partial charge < -0.3 is 0 Å². The maximum absolute atomic E-state index is 12.7. The van der Waals surface area contributed by atoms with Crippen molar-refractivity contribution in [1.29, 1.82) is 0 Å². The van der Waals surface area contributed by atoms with E-state index >= 15 is 0 Å².